The van der Waals surface area contributed by atoms with E-state index in [4.69, 9.17) is 0 Å². The Kier molecular flexibility index (Phi) is 8.44. The van der Waals surface area contributed by atoms with Gasteiger partial charge in [-0.05, 0) is 49.1 Å². The van der Waals surface area contributed by atoms with Crippen molar-refractivity contribution in [2.24, 2.45) is 5.41 Å². The lowest BCUT2D eigenvalue weighted by molar-refractivity contribution is -0.126. The Morgan fingerprint density at radius 2 is 1.85 bits per heavy atom. The number of thiophene rings is 1. The molecule has 4 aromatic rings. The average molecular weight is 671 g/mol. The molecule has 3 fully saturated rings. The molecule has 3 aromatic heterocycles. The molecular formula is C32H37F3N8OS2. The minimum Gasteiger partial charge on any atom is -0.598 e. The first-order valence-corrected chi connectivity index (χ1v) is 17.9. The van der Waals surface area contributed by atoms with E-state index in [0.717, 1.165) is 94.0 Å². The lowest BCUT2D eigenvalue weighted by Gasteiger charge is -2.58. The summed E-state index contributed by atoms with van der Waals surface area (Å²) >= 11 is 0.186. The second-order valence-electron chi connectivity index (χ2n) is 13.1. The summed E-state index contributed by atoms with van der Waals surface area (Å²) in [6.45, 7) is 10.3. The van der Waals surface area contributed by atoms with Crippen LogP contribution in [0.1, 0.15) is 34.5 Å². The van der Waals surface area contributed by atoms with E-state index in [0.29, 0.717) is 27.1 Å². The fraction of sp³-hybridized carbons (Fsp3) is 0.531. The third-order valence-corrected chi connectivity index (χ3v) is 11.8. The average Bonchev–Trinajstić information content (AvgIpc) is 3.54. The molecule has 46 heavy (non-hydrogen) atoms. The fourth-order valence-electron chi connectivity index (χ4n) is 7.39. The summed E-state index contributed by atoms with van der Waals surface area (Å²) in [6, 6.07) is 10.5. The van der Waals surface area contributed by atoms with E-state index < -0.39 is 24.0 Å². The van der Waals surface area contributed by atoms with Crippen LogP contribution in [0.4, 0.5) is 19.0 Å². The lowest BCUT2D eigenvalue weighted by Crippen LogP contribution is -2.72. The van der Waals surface area contributed by atoms with Crippen molar-refractivity contribution in [3.63, 3.8) is 0 Å². The Hall–Kier alpha value is -2.93. The first kappa shape index (κ1) is 31.7. The molecule has 3 aliphatic heterocycles. The summed E-state index contributed by atoms with van der Waals surface area (Å²) in [4.78, 5) is 14.2. The molecule has 3 saturated heterocycles. The van der Waals surface area contributed by atoms with Gasteiger partial charge in [0.1, 0.15) is 35.0 Å². The number of nitrogens with zero attached hydrogens (tertiary/aromatic N) is 7. The number of aromatic nitrogens is 3. The van der Waals surface area contributed by atoms with E-state index in [1.54, 1.807) is 12.3 Å². The summed E-state index contributed by atoms with van der Waals surface area (Å²) < 4.78 is 54.6. The molecule has 6 heterocycles. The fourth-order valence-corrected chi connectivity index (χ4v) is 9.32. The van der Waals surface area contributed by atoms with Crippen LogP contribution in [0.2, 0.25) is 0 Å². The molecule has 0 amide bonds. The topological polar surface area (TPSA) is 99.3 Å². The van der Waals surface area contributed by atoms with Gasteiger partial charge >= 0.3 is 6.18 Å². The van der Waals surface area contributed by atoms with Crippen molar-refractivity contribution >= 4 is 49.6 Å². The number of anilines is 1. The maximum absolute atomic E-state index is 12.9. The monoisotopic (exact) mass is 670 g/mol. The molecular weight excluding hydrogens is 634 g/mol. The van der Waals surface area contributed by atoms with Crippen molar-refractivity contribution in [3.8, 4) is 6.07 Å². The SMILES string of the molecule is Cc1c(CN2CCC(Nc3ncnc4sc(CC(F)(F)F)cc34)CC2)ccc2c1cc(C#N)n2CCN1CC2(C1)CN([S+](C)[O-])C2. The van der Waals surface area contributed by atoms with Crippen LogP contribution >= 0.6 is 11.3 Å². The highest BCUT2D eigenvalue weighted by molar-refractivity contribution is 7.88. The van der Waals surface area contributed by atoms with Gasteiger partial charge in [-0.15, -0.1) is 15.6 Å². The highest BCUT2D eigenvalue weighted by Gasteiger charge is 2.54. The Morgan fingerprint density at radius 3 is 2.54 bits per heavy atom. The number of piperidine rings is 1. The molecule has 1 aromatic carbocycles. The zero-order valence-corrected chi connectivity index (χ0v) is 27.6. The quantitative estimate of drug-likeness (QED) is 0.251. The first-order valence-electron chi connectivity index (χ1n) is 15.6. The van der Waals surface area contributed by atoms with E-state index in [9.17, 15) is 23.0 Å². The zero-order chi connectivity index (χ0) is 32.2. The standard InChI is InChI=1S/C32H37F3N8OS2/c1-21-22(3-4-28-26(21)11-24(14-36)43(28)10-9-41-16-31(17-41)18-42(19-31)46(2)44)15-40-7-5-23(6-8-40)39-29-27-12-25(13-32(33,34)35)45-30(27)38-20-37-29/h3-4,11-12,20,23H,5-10,13,15-19H2,1-2H3,(H,37,38,39). The van der Waals surface area contributed by atoms with Crippen LogP contribution in [-0.2, 0) is 30.9 Å². The van der Waals surface area contributed by atoms with E-state index in [-0.39, 0.29) is 10.9 Å². The molecule has 0 aliphatic carbocycles. The van der Waals surface area contributed by atoms with Crippen molar-refractivity contribution in [1.29, 1.82) is 5.26 Å². The molecule has 3 aliphatic rings. The molecule has 7 rings (SSSR count). The molecule has 1 atom stereocenters. The number of hydrogen-bond donors (Lipinski definition) is 1. The highest BCUT2D eigenvalue weighted by Crippen LogP contribution is 2.41. The van der Waals surface area contributed by atoms with Gasteiger partial charge < -0.3 is 19.3 Å². The third kappa shape index (κ3) is 6.33. The van der Waals surface area contributed by atoms with Gasteiger partial charge in [0, 0.05) is 84.4 Å². The number of nitrogens with one attached hydrogen (secondary N) is 1. The van der Waals surface area contributed by atoms with Gasteiger partial charge in [-0.25, -0.2) is 9.97 Å². The molecule has 0 bridgehead atoms. The van der Waals surface area contributed by atoms with Gasteiger partial charge in [-0.3, -0.25) is 4.90 Å². The number of alkyl halides is 3. The number of benzene rings is 1. The number of fused-ring (bicyclic) bond motifs is 2. The Balaban J connectivity index is 0.951. The van der Waals surface area contributed by atoms with E-state index in [1.165, 1.54) is 17.5 Å². The highest BCUT2D eigenvalue weighted by atomic mass is 32.2. The van der Waals surface area contributed by atoms with Crippen LogP contribution in [0, 0.1) is 23.7 Å². The maximum atomic E-state index is 12.9. The van der Waals surface area contributed by atoms with Crippen LogP contribution < -0.4 is 5.32 Å². The maximum Gasteiger partial charge on any atom is 0.393 e. The molecule has 1 N–H and O–H groups in total. The van der Waals surface area contributed by atoms with Crippen LogP contribution in [0.3, 0.4) is 0 Å². The van der Waals surface area contributed by atoms with E-state index >= 15 is 0 Å². The number of hydrogen-bond acceptors (Lipinski definition) is 9. The first-order chi connectivity index (χ1) is 22.0. The molecule has 1 spiro atoms. The van der Waals surface area contributed by atoms with Crippen LogP contribution in [0.25, 0.3) is 21.1 Å². The van der Waals surface area contributed by atoms with Gasteiger partial charge in [0.05, 0.1) is 24.9 Å². The Labute approximate surface area is 273 Å². The van der Waals surface area contributed by atoms with Crippen LogP contribution in [0.15, 0.2) is 30.6 Å². The smallest absolute Gasteiger partial charge is 0.393 e. The second kappa shape index (κ2) is 12.3. The normalized spacial score (nSPS) is 20.2. The minimum absolute atomic E-state index is 0.177. The van der Waals surface area contributed by atoms with Crippen molar-refractivity contribution < 1.29 is 17.7 Å². The van der Waals surface area contributed by atoms with Gasteiger partial charge in [0.25, 0.3) is 0 Å². The van der Waals surface area contributed by atoms with Gasteiger partial charge in [0.2, 0.25) is 0 Å². The number of aryl methyl sites for hydroxylation is 1. The molecule has 1 unspecified atom stereocenters. The number of rotatable bonds is 9. The predicted molar refractivity (Wildman–Crippen MR) is 175 cm³/mol. The van der Waals surface area contributed by atoms with Crippen molar-refractivity contribution in [2.45, 2.75) is 51.5 Å². The summed E-state index contributed by atoms with van der Waals surface area (Å²) in [6.07, 6.45) is -0.259. The van der Waals surface area contributed by atoms with Crippen molar-refractivity contribution in [2.75, 3.05) is 57.4 Å². The van der Waals surface area contributed by atoms with E-state index in [1.807, 2.05) is 10.4 Å². The third-order valence-electron chi connectivity index (χ3n) is 9.80. The molecule has 9 nitrogen and oxygen atoms in total. The van der Waals surface area contributed by atoms with Gasteiger partial charge in [-0.2, -0.15) is 18.4 Å². The Morgan fingerprint density at radius 1 is 1.09 bits per heavy atom. The van der Waals surface area contributed by atoms with Gasteiger partial charge in [-0.1, -0.05) is 6.07 Å². The zero-order valence-electron chi connectivity index (χ0n) is 25.9. The van der Waals surface area contributed by atoms with Crippen LogP contribution in [0.5, 0.6) is 0 Å². The molecule has 244 valence electrons. The van der Waals surface area contributed by atoms with Crippen molar-refractivity contribution in [3.05, 3.63) is 52.3 Å². The largest absolute Gasteiger partial charge is 0.598 e. The number of likely N-dealkylation sites (tertiary alicyclic amines) is 2. The van der Waals surface area contributed by atoms with Gasteiger partial charge in [0.15, 0.2) is 0 Å². The summed E-state index contributed by atoms with van der Waals surface area (Å²) in [5, 5.41) is 15.2. The summed E-state index contributed by atoms with van der Waals surface area (Å²) in [7, 11) is 0. The van der Waals surface area contributed by atoms with Crippen LogP contribution in [-0.4, -0.2) is 97.5 Å². The predicted octanol–water partition coefficient (Wildman–Crippen LogP) is 4.92. The molecule has 0 saturated carbocycles. The lowest BCUT2D eigenvalue weighted by atomic mass is 9.74. The van der Waals surface area contributed by atoms with E-state index in [2.05, 4.69) is 54.8 Å². The molecule has 0 radical (unpaired) electrons. The Bertz CT molecular complexity index is 1780. The molecule has 14 heteroatoms. The summed E-state index contributed by atoms with van der Waals surface area (Å²) in [5.41, 5.74) is 4.53. The van der Waals surface area contributed by atoms with Crippen molar-refractivity contribution in [1.82, 2.24) is 28.6 Å². The number of nitriles is 1. The minimum atomic E-state index is -4.25. The number of halogens is 3. The second-order valence-corrected chi connectivity index (χ2v) is 15.6. The summed E-state index contributed by atoms with van der Waals surface area (Å²) in [5.74, 6) is 0.602.